The molecule has 0 spiro atoms. The molecule has 1 saturated heterocycles. The highest BCUT2D eigenvalue weighted by atomic mass is 19.1. The smallest absolute Gasteiger partial charge is 0.229 e. The summed E-state index contributed by atoms with van der Waals surface area (Å²) in [4.78, 5) is 39.8. The first-order valence-electron chi connectivity index (χ1n) is 11.7. The van der Waals surface area contributed by atoms with Crippen LogP contribution in [-0.2, 0) is 9.59 Å². The van der Waals surface area contributed by atoms with Gasteiger partial charge in [0.05, 0.1) is 5.92 Å². The van der Waals surface area contributed by atoms with Crippen LogP contribution in [0.4, 0.5) is 38.9 Å². The number of nitrogens with zero attached hydrogens (tertiary/aromatic N) is 4. The van der Waals surface area contributed by atoms with Gasteiger partial charge in [0.15, 0.2) is 0 Å². The molecule has 2 amide bonds. The first-order chi connectivity index (χ1) is 17.9. The largest absolute Gasteiger partial charge is 0.340 e. The Bertz CT molecular complexity index is 1410. The molecule has 4 aromatic rings. The molecule has 0 saturated carbocycles. The van der Waals surface area contributed by atoms with Crippen LogP contribution in [0.15, 0.2) is 79.0 Å². The van der Waals surface area contributed by atoms with E-state index < -0.39 is 5.92 Å². The molecule has 0 aliphatic carbocycles. The predicted octanol–water partition coefficient (Wildman–Crippen LogP) is 4.80. The van der Waals surface area contributed by atoms with Crippen molar-refractivity contribution in [1.29, 1.82) is 0 Å². The zero-order valence-corrected chi connectivity index (χ0v) is 20.0. The molecule has 3 heterocycles. The molecule has 9 nitrogen and oxygen atoms in total. The molecule has 186 valence electrons. The van der Waals surface area contributed by atoms with E-state index in [0.717, 1.165) is 5.69 Å². The Morgan fingerprint density at radius 2 is 1.62 bits per heavy atom. The summed E-state index contributed by atoms with van der Waals surface area (Å²) in [5.74, 6) is 1.21. The minimum Gasteiger partial charge on any atom is -0.340 e. The number of benzene rings is 2. The highest BCUT2D eigenvalue weighted by molar-refractivity contribution is 6.03. The number of nitrogens with one attached hydrogen (secondary N) is 3. The summed E-state index contributed by atoms with van der Waals surface area (Å²) in [5.41, 5.74) is 1.97. The third-order valence-corrected chi connectivity index (χ3v) is 5.82. The van der Waals surface area contributed by atoms with Crippen LogP contribution in [0.25, 0.3) is 0 Å². The summed E-state index contributed by atoms with van der Waals surface area (Å²) < 4.78 is 13.2. The van der Waals surface area contributed by atoms with E-state index in [4.69, 9.17) is 0 Å². The van der Waals surface area contributed by atoms with Gasteiger partial charge in [0.25, 0.3) is 0 Å². The fourth-order valence-corrected chi connectivity index (χ4v) is 4.05. The molecular formula is C27H24FN7O2. The number of carbonyl (C=O) groups excluding carboxylic acids is 2. The number of carbonyl (C=O) groups is 2. The zero-order chi connectivity index (χ0) is 25.8. The van der Waals surface area contributed by atoms with E-state index in [0.29, 0.717) is 34.7 Å². The fraction of sp³-hybridized carbons (Fsp3) is 0.148. The van der Waals surface area contributed by atoms with Gasteiger partial charge >= 0.3 is 0 Å². The van der Waals surface area contributed by atoms with Crippen LogP contribution in [-0.4, -0.2) is 33.3 Å². The van der Waals surface area contributed by atoms with Crippen molar-refractivity contribution < 1.29 is 14.0 Å². The molecule has 37 heavy (non-hydrogen) atoms. The average Bonchev–Trinajstić information content (AvgIpc) is 3.28. The van der Waals surface area contributed by atoms with Crippen molar-refractivity contribution in [2.45, 2.75) is 13.3 Å². The van der Waals surface area contributed by atoms with Crippen LogP contribution in [0.1, 0.15) is 12.2 Å². The molecule has 1 aliphatic heterocycles. The molecule has 10 heteroatoms. The maximum Gasteiger partial charge on any atom is 0.229 e. The average molecular weight is 498 g/mol. The van der Waals surface area contributed by atoms with E-state index in [1.54, 1.807) is 31.3 Å². The second-order valence-electron chi connectivity index (χ2n) is 8.60. The number of hydrogen-bond acceptors (Lipinski definition) is 7. The Kier molecular flexibility index (Phi) is 6.71. The van der Waals surface area contributed by atoms with Crippen LogP contribution in [0.2, 0.25) is 0 Å². The second kappa shape index (κ2) is 10.4. The minimum absolute atomic E-state index is 0.102. The predicted molar refractivity (Wildman–Crippen MR) is 140 cm³/mol. The van der Waals surface area contributed by atoms with E-state index in [9.17, 15) is 14.0 Å². The van der Waals surface area contributed by atoms with Gasteiger partial charge in [0.1, 0.15) is 29.1 Å². The van der Waals surface area contributed by atoms with Crippen molar-refractivity contribution in [3.63, 3.8) is 0 Å². The van der Waals surface area contributed by atoms with Crippen molar-refractivity contribution >= 4 is 46.3 Å². The van der Waals surface area contributed by atoms with Gasteiger partial charge in [-0.05, 0) is 67.6 Å². The van der Waals surface area contributed by atoms with Gasteiger partial charge in [0, 0.05) is 42.3 Å². The lowest BCUT2D eigenvalue weighted by atomic mass is 10.1. The molecular weight excluding hydrogens is 473 g/mol. The number of aromatic nitrogens is 3. The zero-order valence-electron chi connectivity index (χ0n) is 20.0. The van der Waals surface area contributed by atoms with Gasteiger partial charge in [-0.3, -0.25) is 9.59 Å². The van der Waals surface area contributed by atoms with Crippen molar-refractivity contribution in [3.05, 3.63) is 90.6 Å². The van der Waals surface area contributed by atoms with Gasteiger partial charge in [-0.2, -0.15) is 0 Å². The Morgan fingerprint density at radius 3 is 2.32 bits per heavy atom. The molecule has 1 aliphatic rings. The molecule has 1 unspecified atom stereocenters. The van der Waals surface area contributed by atoms with Crippen LogP contribution in [0.5, 0.6) is 0 Å². The van der Waals surface area contributed by atoms with Gasteiger partial charge in [-0.25, -0.2) is 19.3 Å². The number of hydrogen-bond donors (Lipinski definition) is 3. The number of rotatable bonds is 7. The summed E-state index contributed by atoms with van der Waals surface area (Å²) in [7, 11) is 0. The Hall–Kier alpha value is -4.86. The first kappa shape index (κ1) is 23.9. The van der Waals surface area contributed by atoms with Gasteiger partial charge < -0.3 is 20.9 Å². The normalized spacial score (nSPS) is 14.9. The number of halogens is 1. The highest BCUT2D eigenvalue weighted by Gasteiger charge is 2.35. The van der Waals surface area contributed by atoms with Crippen LogP contribution >= 0.6 is 0 Å². The Labute approximate surface area is 212 Å². The van der Waals surface area contributed by atoms with E-state index in [2.05, 4.69) is 30.9 Å². The Balaban J connectivity index is 1.20. The van der Waals surface area contributed by atoms with Crippen molar-refractivity contribution in [2.75, 3.05) is 27.4 Å². The molecule has 2 aromatic heterocycles. The molecule has 0 radical (unpaired) electrons. The van der Waals surface area contributed by atoms with E-state index in [1.807, 2.05) is 30.3 Å². The molecule has 1 fully saturated rings. The van der Waals surface area contributed by atoms with Crippen molar-refractivity contribution in [2.24, 2.45) is 5.92 Å². The second-order valence-corrected chi connectivity index (χ2v) is 8.60. The topological polar surface area (TPSA) is 112 Å². The lowest BCUT2D eigenvalue weighted by Gasteiger charge is -2.16. The minimum atomic E-state index is -0.496. The first-order valence-corrected chi connectivity index (χ1v) is 11.7. The van der Waals surface area contributed by atoms with Crippen LogP contribution in [0.3, 0.4) is 0 Å². The molecule has 3 N–H and O–H groups in total. The fourth-order valence-electron chi connectivity index (χ4n) is 4.05. The van der Waals surface area contributed by atoms with Gasteiger partial charge in [0.2, 0.25) is 11.8 Å². The van der Waals surface area contributed by atoms with E-state index >= 15 is 0 Å². The van der Waals surface area contributed by atoms with Crippen LogP contribution in [0, 0.1) is 18.7 Å². The third-order valence-electron chi connectivity index (χ3n) is 5.82. The maximum absolute atomic E-state index is 13.2. The van der Waals surface area contributed by atoms with Crippen LogP contribution < -0.4 is 20.9 Å². The summed E-state index contributed by atoms with van der Waals surface area (Å²) in [6, 6.07) is 20.2. The monoisotopic (exact) mass is 497 g/mol. The van der Waals surface area contributed by atoms with Gasteiger partial charge in [-0.15, -0.1) is 0 Å². The van der Waals surface area contributed by atoms with Gasteiger partial charge in [-0.1, -0.05) is 6.07 Å². The quantitative estimate of drug-likeness (QED) is 0.336. The molecule has 1 atom stereocenters. The highest BCUT2D eigenvalue weighted by Crippen LogP contribution is 2.27. The Morgan fingerprint density at radius 1 is 0.919 bits per heavy atom. The van der Waals surface area contributed by atoms with Crippen molar-refractivity contribution in [1.82, 2.24) is 15.0 Å². The third kappa shape index (κ3) is 5.87. The maximum atomic E-state index is 13.2. The van der Waals surface area contributed by atoms with Crippen molar-refractivity contribution in [3.8, 4) is 0 Å². The standard InChI is InChI=1S/C27H24FN7O2/c1-17-30-24(15-25(31-17)34-23-4-2-3-13-29-23)32-20-7-9-21(10-8-20)33-27(37)18-14-26(36)35(16-18)22-11-5-19(28)6-12-22/h2-13,15,18H,14,16H2,1H3,(H,33,37)(H2,29,30,31,32,34). The SMILES string of the molecule is Cc1nc(Nc2ccc(NC(=O)C3CC(=O)N(c4ccc(F)cc4)C3)cc2)cc(Nc2ccccn2)n1. The summed E-state index contributed by atoms with van der Waals surface area (Å²) in [5, 5.41) is 9.27. The summed E-state index contributed by atoms with van der Waals surface area (Å²) >= 11 is 0. The molecule has 5 rings (SSSR count). The lowest BCUT2D eigenvalue weighted by molar-refractivity contribution is -0.122. The number of pyridine rings is 1. The van der Waals surface area contributed by atoms with E-state index in [1.165, 1.54) is 29.2 Å². The molecule has 0 bridgehead atoms. The number of aryl methyl sites for hydroxylation is 1. The number of amides is 2. The summed E-state index contributed by atoms with van der Waals surface area (Å²) in [6.07, 6.45) is 1.80. The van der Waals surface area contributed by atoms with E-state index in [-0.39, 0.29) is 30.6 Å². The summed E-state index contributed by atoms with van der Waals surface area (Å²) in [6.45, 7) is 2.05. The number of anilines is 6. The molecule has 2 aromatic carbocycles. The lowest BCUT2D eigenvalue weighted by Crippen LogP contribution is -2.28.